The Hall–Kier alpha value is -2.49. The molecule has 0 amide bonds. The second-order valence-electron chi connectivity index (χ2n) is 4.07. The molecule has 0 aliphatic heterocycles. The summed E-state index contributed by atoms with van der Waals surface area (Å²) in [6, 6.07) is 18.5. The van der Waals surface area contributed by atoms with Gasteiger partial charge in [-0.15, -0.1) is 5.10 Å². The fourth-order valence-electron chi connectivity index (χ4n) is 1.99. The second kappa shape index (κ2) is 4.79. The maximum absolute atomic E-state index is 3.97. The minimum atomic E-state index is 0.710. The first-order valence-electron chi connectivity index (χ1n) is 5.79. The van der Waals surface area contributed by atoms with E-state index in [-0.39, 0.29) is 0 Å². The molecule has 3 aromatic rings. The molecule has 0 aliphatic carbocycles. The van der Waals surface area contributed by atoms with Gasteiger partial charge in [-0.2, -0.15) is 0 Å². The first-order valence-corrected chi connectivity index (χ1v) is 5.79. The van der Waals surface area contributed by atoms with Gasteiger partial charge in [-0.3, -0.25) is 0 Å². The van der Waals surface area contributed by atoms with Gasteiger partial charge in [-0.05, 0) is 28.0 Å². The summed E-state index contributed by atoms with van der Waals surface area (Å²) in [5.74, 6) is 0.710. The average Bonchev–Trinajstić information content (AvgIpc) is 2.94. The Balaban J connectivity index is 1.98. The molecular formula is C14H12N4. The molecule has 0 saturated carbocycles. The Morgan fingerprint density at radius 3 is 2.44 bits per heavy atom. The number of tetrazole rings is 1. The fraction of sp³-hybridized carbons (Fsp3) is 0.0714. The third-order valence-corrected chi connectivity index (χ3v) is 2.86. The Bertz CT molecular complexity index is 617. The van der Waals surface area contributed by atoms with Gasteiger partial charge in [0.25, 0.3) is 0 Å². The molecule has 88 valence electrons. The Morgan fingerprint density at radius 1 is 0.889 bits per heavy atom. The highest BCUT2D eigenvalue weighted by Crippen LogP contribution is 2.21. The summed E-state index contributed by atoms with van der Waals surface area (Å²) >= 11 is 0. The van der Waals surface area contributed by atoms with Crippen LogP contribution in [0, 0.1) is 0 Å². The molecule has 0 bridgehead atoms. The first-order chi connectivity index (χ1) is 8.93. The highest BCUT2D eigenvalue weighted by Gasteiger charge is 2.07. The lowest BCUT2D eigenvalue weighted by molar-refractivity contribution is 0.881. The molecule has 0 atom stereocenters. The molecule has 4 heteroatoms. The second-order valence-corrected chi connectivity index (χ2v) is 4.07. The van der Waals surface area contributed by atoms with Crippen LogP contribution in [0.4, 0.5) is 0 Å². The van der Waals surface area contributed by atoms with Gasteiger partial charge < -0.3 is 0 Å². The van der Waals surface area contributed by atoms with Gasteiger partial charge in [-0.25, -0.2) is 5.10 Å². The van der Waals surface area contributed by atoms with E-state index in [2.05, 4.69) is 38.8 Å². The maximum atomic E-state index is 3.97. The van der Waals surface area contributed by atoms with E-state index in [4.69, 9.17) is 0 Å². The topological polar surface area (TPSA) is 54.5 Å². The van der Waals surface area contributed by atoms with E-state index in [1.54, 1.807) is 0 Å². The number of aromatic amines is 1. The number of H-pyrrole nitrogens is 1. The Labute approximate surface area is 105 Å². The SMILES string of the molecule is c1ccc(Cc2ccccc2-c2nnn[nH]2)cc1. The molecule has 1 N–H and O–H groups in total. The van der Waals surface area contributed by atoms with Gasteiger partial charge in [0.15, 0.2) is 5.82 Å². The summed E-state index contributed by atoms with van der Waals surface area (Å²) in [4.78, 5) is 0. The van der Waals surface area contributed by atoms with Crippen molar-refractivity contribution in [3.63, 3.8) is 0 Å². The summed E-state index contributed by atoms with van der Waals surface area (Å²) in [6.07, 6.45) is 0.873. The summed E-state index contributed by atoms with van der Waals surface area (Å²) in [5.41, 5.74) is 3.53. The Morgan fingerprint density at radius 2 is 1.67 bits per heavy atom. The van der Waals surface area contributed by atoms with Crippen molar-refractivity contribution in [3.05, 3.63) is 65.7 Å². The van der Waals surface area contributed by atoms with Crippen LogP contribution in [0.5, 0.6) is 0 Å². The van der Waals surface area contributed by atoms with E-state index in [1.807, 2.05) is 36.4 Å². The zero-order valence-electron chi connectivity index (χ0n) is 9.74. The number of hydrogen-bond donors (Lipinski definition) is 1. The van der Waals surface area contributed by atoms with Gasteiger partial charge in [-0.1, -0.05) is 54.6 Å². The van der Waals surface area contributed by atoms with Crippen molar-refractivity contribution in [2.24, 2.45) is 0 Å². The number of aromatic nitrogens is 4. The van der Waals surface area contributed by atoms with Crippen LogP contribution < -0.4 is 0 Å². The lowest BCUT2D eigenvalue weighted by Crippen LogP contribution is -1.93. The van der Waals surface area contributed by atoms with E-state index < -0.39 is 0 Å². The van der Waals surface area contributed by atoms with Crippen LogP contribution in [0.1, 0.15) is 11.1 Å². The maximum Gasteiger partial charge on any atom is 0.179 e. The summed E-state index contributed by atoms with van der Waals surface area (Å²) < 4.78 is 0. The summed E-state index contributed by atoms with van der Waals surface area (Å²) in [5, 5.41) is 14.0. The van der Waals surface area contributed by atoms with Crippen molar-refractivity contribution >= 4 is 0 Å². The molecule has 1 aromatic heterocycles. The minimum Gasteiger partial charge on any atom is -0.239 e. The molecule has 0 radical (unpaired) electrons. The first kappa shape index (κ1) is 10.7. The van der Waals surface area contributed by atoms with E-state index in [9.17, 15) is 0 Å². The van der Waals surface area contributed by atoms with E-state index in [1.165, 1.54) is 11.1 Å². The normalized spacial score (nSPS) is 10.4. The molecule has 1 heterocycles. The molecule has 4 nitrogen and oxygen atoms in total. The van der Waals surface area contributed by atoms with Crippen molar-refractivity contribution in [2.75, 3.05) is 0 Å². The highest BCUT2D eigenvalue weighted by molar-refractivity contribution is 5.60. The smallest absolute Gasteiger partial charge is 0.179 e. The van der Waals surface area contributed by atoms with Gasteiger partial charge in [0.05, 0.1) is 0 Å². The van der Waals surface area contributed by atoms with Crippen LogP contribution in [0.3, 0.4) is 0 Å². The molecule has 18 heavy (non-hydrogen) atoms. The largest absolute Gasteiger partial charge is 0.239 e. The van der Waals surface area contributed by atoms with E-state index in [0.29, 0.717) is 5.82 Å². The summed E-state index contributed by atoms with van der Waals surface area (Å²) in [7, 11) is 0. The van der Waals surface area contributed by atoms with Crippen molar-refractivity contribution in [1.29, 1.82) is 0 Å². The fourth-order valence-corrected chi connectivity index (χ4v) is 1.99. The molecule has 0 spiro atoms. The number of benzene rings is 2. The van der Waals surface area contributed by atoms with Gasteiger partial charge in [0.2, 0.25) is 0 Å². The molecular weight excluding hydrogens is 224 g/mol. The van der Waals surface area contributed by atoms with Crippen LogP contribution in [0.15, 0.2) is 54.6 Å². The highest BCUT2D eigenvalue weighted by atomic mass is 15.5. The molecule has 3 rings (SSSR count). The monoisotopic (exact) mass is 236 g/mol. The van der Waals surface area contributed by atoms with Gasteiger partial charge >= 0.3 is 0 Å². The minimum absolute atomic E-state index is 0.710. The number of nitrogens with zero attached hydrogens (tertiary/aromatic N) is 3. The lowest BCUT2D eigenvalue weighted by Gasteiger charge is -2.06. The van der Waals surface area contributed by atoms with Crippen molar-refractivity contribution in [3.8, 4) is 11.4 Å². The molecule has 0 fully saturated rings. The molecule has 0 saturated heterocycles. The van der Waals surface area contributed by atoms with Crippen molar-refractivity contribution < 1.29 is 0 Å². The average molecular weight is 236 g/mol. The third-order valence-electron chi connectivity index (χ3n) is 2.86. The number of nitrogens with one attached hydrogen (secondary N) is 1. The zero-order valence-corrected chi connectivity index (χ0v) is 9.74. The predicted octanol–water partition coefficient (Wildman–Crippen LogP) is 2.46. The van der Waals surface area contributed by atoms with Crippen LogP contribution >= 0.6 is 0 Å². The summed E-state index contributed by atoms with van der Waals surface area (Å²) in [6.45, 7) is 0. The standard InChI is InChI=1S/C14H12N4/c1-2-6-11(7-3-1)10-12-8-4-5-9-13(12)14-15-17-18-16-14/h1-9H,10H2,(H,15,16,17,18). The lowest BCUT2D eigenvalue weighted by atomic mass is 9.99. The Kier molecular flexibility index (Phi) is 2.84. The van der Waals surface area contributed by atoms with E-state index >= 15 is 0 Å². The van der Waals surface area contributed by atoms with Gasteiger partial charge in [0, 0.05) is 5.56 Å². The van der Waals surface area contributed by atoms with Crippen LogP contribution in [0.25, 0.3) is 11.4 Å². The predicted molar refractivity (Wildman–Crippen MR) is 68.9 cm³/mol. The molecule has 0 unspecified atom stereocenters. The third kappa shape index (κ3) is 2.13. The zero-order chi connectivity index (χ0) is 12.2. The van der Waals surface area contributed by atoms with Crippen molar-refractivity contribution in [2.45, 2.75) is 6.42 Å². The van der Waals surface area contributed by atoms with Gasteiger partial charge in [0.1, 0.15) is 0 Å². The number of rotatable bonds is 3. The quantitative estimate of drug-likeness (QED) is 0.760. The van der Waals surface area contributed by atoms with E-state index in [0.717, 1.165) is 12.0 Å². The van der Waals surface area contributed by atoms with Crippen LogP contribution in [-0.2, 0) is 6.42 Å². The molecule has 0 aliphatic rings. The number of hydrogen-bond acceptors (Lipinski definition) is 3. The van der Waals surface area contributed by atoms with Crippen molar-refractivity contribution in [1.82, 2.24) is 20.6 Å². The van der Waals surface area contributed by atoms with Crippen LogP contribution in [-0.4, -0.2) is 20.6 Å². The molecule has 2 aromatic carbocycles. The van der Waals surface area contributed by atoms with Crippen LogP contribution in [0.2, 0.25) is 0 Å².